The first-order valence-electron chi connectivity index (χ1n) is 18.4. The van der Waals surface area contributed by atoms with Crippen LogP contribution in [0.1, 0.15) is 82.4 Å². The monoisotopic (exact) mass is 750 g/mol. The SMILES string of the molecule is [C-]#[N+]c1ccc(-c2nn(Cc3ccc(C#CCCC(=O)N4CCC(C#Cc5cccc6c5CN(C5CCC(=O)NC5=O)C6=O)CC4)cc3)c(C)c2C)cc1Cl. The lowest BCUT2D eigenvalue weighted by Gasteiger charge is -2.29. The minimum Gasteiger partial charge on any atom is -0.343 e. The molecule has 11 heteroatoms. The van der Waals surface area contributed by atoms with Crippen molar-refractivity contribution in [2.75, 3.05) is 13.1 Å². The molecule has 1 N–H and O–H groups in total. The number of imide groups is 1. The van der Waals surface area contributed by atoms with E-state index in [1.165, 1.54) is 0 Å². The van der Waals surface area contributed by atoms with Crippen LogP contribution in [0.4, 0.5) is 5.69 Å². The van der Waals surface area contributed by atoms with E-state index >= 15 is 0 Å². The highest BCUT2D eigenvalue weighted by Gasteiger charge is 2.39. The summed E-state index contributed by atoms with van der Waals surface area (Å²) < 4.78 is 1.97. The molecule has 4 amide bonds. The van der Waals surface area contributed by atoms with Crippen LogP contribution in [0.15, 0.2) is 60.7 Å². The van der Waals surface area contributed by atoms with Gasteiger partial charge in [-0.3, -0.25) is 29.2 Å². The van der Waals surface area contributed by atoms with Crippen molar-refractivity contribution in [1.29, 1.82) is 0 Å². The Morgan fingerprint density at radius 1 is 1.02 bits per heavy atom. The summed E-state index contributed by atoms with van der Waals surface area (Å²) in [6.45, 7) is 13.5. The van der Waals surface area contributed by atoms with Crippen molar-refractivity contribution in [3.8, 4) is 34.9 Å². The van der Waals surface area contributed by atoms with Gasteiger partial charge in [0.15, 0.2) is 0 Å². The first-order chi connectivity index (χ1) is 26.6. The normalized spacial score (nSPS) is 16.8. The van der Waals surface area contributed by atoms with Gasteiger partial charge in [0.2, 0.25) is 23.4 Å². The van der Waals surface area contributed by atoms with Gasteiger partial charge in [-0.25, -0.2) is 4.85 Å². The fraction of sp³-hybridized carbons (Fsp3) is 0.318. The number of hydrogen-bond acceptors (Lipinski definition) is 5. The Kier molecular flexibility index (Phi) is 10.9. The zero-order valence-corrected chi connectivity index (χ0v) is 31.5. The second kappa shape index (κ2) is 16.1. The first kappa shape index (κ1) is 37.2. The number of nitrogens with zero attached hydrogens (tertiary/aromatic N) is 5. The van der Waals surface area contributed by atoms with Crippen LogP contribution in [0, 0.1) is 50.0 Å². The number of hydrogen-bond donors (Lipinski definition) is 1. The van der Waals surface area contributed by atoms with Gasteiger partial charge < -0.3 is 9.80 Å². The smallest absolute Gasteiger partial charge is 0.255 e. The van der Waals surface area contributed by atoms with Crippen LogP contribution < -0.4 is 5.32 Å². The predicted molar refractivity (Wildman–Crippen MR) is 209 cm³/mol. The fourth-order valence-electron chi connectivity index (χ4n) is 7.32. The molecule has 4 heterocycles. The van der Waals surface area contributed by atoms with Crippen LogP contribution in [0.3, 0.4) is 0 Å². The molecule has 276 valence electrons. The first-order valence-corrected chi connectivity index (χ1v) is 18.8. The van der Waals surface area contributed by atoms with E-state index in [9.17, 15) is 19.2 Å². The molecule has 3 aliphatic rings. The van der Waals surface area contributed by atoms with Crippen molar-refractivity contribution in [1.82, 2.24) is 24.9 Å². The van der Waals surface area contributed by atoms with Crippen molar-refractivity contribution >= 4 is 40.9 Å². The average molecular weight is 751 g/mol. The van der Waals surface area contributed by atoms with Gasteiger partial charge in [-0.05, 0) is 80.1 Å². The van der Waals surface area contributed by atoms with Gasteiger partial charge in [-0.2, -0.15) is 5.10 Å². The summed E-state index contributed by atoms with van der Waals surface area (Å²) in [6.07, 6.45) is 2.92. The molecule has 2 fully saturated rings. The second-order valence-electron chi connectivity index (χ2n) is 14.1. The van der Waals surface area contributed by atoms with Gasteiger partial charge in [0.05, 0.1) is 18.8 Å². The average Bonchev–Trinajstić information content (AvgIpc) is 3.67. The number of fused-ring (bicyclic) bond motifs is 1. The minimum absolute atomic E-state index is 0.0952. The summed E-state index contributed by atoms with van der Waals surface area (Å²) in [7, 11) is 0. The van der Waals surface area contributed by atoms with E-state index in [-0.39, 0.29) is 30.1 Å². The van der Waals surface area contributed by atoms with Crippen molar-refractivity contribution in [3.63, 3.8) is 0 Å². The number of carbonyl (C=O) groups is 4. The molecule has 55 heavy (non-hydrogen) atoms. The van der Waals surface area contributed by atoms with Gasteiger partial charge in [0.25, 0.3) is 5.91 Å². The van der Waals surface area contributed by atoms with Crippen LogP contribution in [0.2, 0.25) is 5.02 Å². The molecular weight excluding hydrogens is 712 g/mol. The van der Waals surface area contributed by atoms with E-state index in [4.69, 9.17) is 23.3 Å². The number of piperidine rings is 2. The molecule has 2 saturated heterocycles. The number of aromatic nitrogens is 2. The molecule has 1 atom stereocenters. The molecule has 0 aliphatic carbocycles. The maximum atomic E-state index is 13.1. The van der Waals surface area contributed by atoms with Gasteiger partial charge >= 0.3 is 0 Å². The molecule has 10 nitrogen and oxygen atoms in total. The molecule has 1 unspecified atom stereocenters. The minimum atomic E-state index is -0.661. The maximum absolute atomic E-state index is 13.1. The largest absolute Gasteiger partial charge is 0.343 e. The third-order valence-electron chi connectivity index (χ3n) is 10.7. The molecule has 0 bridgehead atoms. The van der Waals surface area contributed by atoms with Gasteiger partial charge in [-0.1, -0.05) is 65.6 Å². The number of likely N-dealkylation sites (tertiary alicyclic amines) is 1. The third kappa shape index (κ3) is 8.04. The third-order valence-corrected chi connectivity index (χ3v) is 11.0. The molecular formula is C44H39ClN6O4. The van der Waals surface area contributed by atoms with E-state index in [2.05, 4.69) is 33.8 Å². The Morgan fingerprint density at radius 3 is 2.53 bits per heavy atom. The number of halogens is 1. The molecule has 0 radical (unpaired) electrons. The quantitative estimate of drug-likeness (QED) is 0.136. The van der Waals surface area contributed by atoms with E-state index in [1.54, 1.807) is 23.1 Å². The van der Waals surface area contributed by atoms with E-state index in [0.717, 1.165) is 57.6 Å². The Morgan fingerprint density at radius 2 is 1.80 bits per heavy atom. The highest BCUT2D eigenvalue weighted by molar-refractivity contribution is 6.33. The van der Waals surface area contributed by atoms with Gasteiger partial charge in [-0.15, -0.1) is 0 Å². The lowest BCUT2D eigenvalue weighted by atomic mass is 9.96. The van der Waals surface area contributed by atoms with Crippen LogP contribution in [-0.4, -0.2) is 62.3 Å². The molecule has 4 aromatic rings. The number of benzene rings is 3. The molecule has 7 rings (SSSR count). The predicted octanol–water partition coefficient (Wildman–Crippen LogP) is 6.60. The lowest BCUT2D eigenvalue weighted by Crippen LogP contribution is -2.52. The van der Waals surface area contributed by atoms with Crippen molar-refractivity contribution in [3.05, 3.63) is 116 Å². The Bertz CT molecular complexity index is 2380. The van der Waals surface area contributed by atoms with E-state index in [1.807, 2.05) is 65.9 Å². The summed E-state index contributed by atoms with van der Waals surface area (Å²) in [6, 6.07) is 18.3. The summed E-state index contributed by atoms with van der Waals surface area (Å²) in [5.74, 6) is 12.3. The summed E-state index contributed by atoms with van der Waals surface area (Å²) in [5, 5.41) is 7.61. The highest BCUT2D eigenvalue weighted by Crippen LogP contribution is 2.33. The Balaban J connectivity index is 0.876. The molecule has 3 aliphatic heterocycles. The topological polar surface area (TPSA) is 109 Å². The van der Waals surface area contributed by atoms with E-state index in [0.29, 0.717) is 61.7 Å². The molecule has 3 aromatic carbocycles. The van der Waals surface area contributed by atoms with Crippen LogP contribution in [0.5, 0.6) is 0 Å². The number of rotatable bonds is 6. The maximum Gasteiger partial charge on any atom is 0.255 e. The molecule has 0 saturated carbocycles. The molecule has 1 aromatic heterocycles. The van der Waals surface area contributed by atoms with E-state index < -0.39 is 11.9 Å². The summed E-state index contributed by atoms with van der Waals surface area (Å²) >= 11 is 6.29. The summed E-state index contributed by atoms with van der Waals surface area (Å²) in [5.41, 5.74) is 8.39. The van der Waals surface area contributed by atoms with Crippen LogP contribution in [0.25, 0.3) is 16.1 Å². The van der Waals surface area contributed by atoms with Gasteiger partial charge in [0.1, 0.15) is 6.04 Å². The summed E-state index contributed by atoms with van der Waals surface area (Å²) in [4.78, 5) is 57.0. The fourth-order valence-corrected chi connectivity index (χ4v) is 7.55. The molecule has 0 spiro atoms. The number of amides is 4. The lowest BCUT2D eigenvalue weighted by molar-refractivity contribution is -0.137. The van der Waals surface area contributed by atoms with Crippen molar-refractivity contribution in [2.45, 2.75) is 71.5 Å². The Hall–Kier alpha value is -6.15. The zero-order valence-electron chi connectivity index (χ0n) is 30.7. The van der Waals surface area contributed by atoms with Crippen LogP contribution in [-0.2, 0) is 27.5 Å². The number of carbonyl (C=O) groups excluding carboxylic acids is 4. The number of nitrogens with one attached hydrogen (secondary N) is 1. The standard InChI is InChI=1S/C44H39ClN6O4/c1-28-29(2)51(48-42(28)34-17-18-38(46-3)37(45)25-34)26-32-13-11-30(12-14-32)7-4-5-10-41(53)49-23-21-31(22-24-49)15-16-33-8-6-9-35-36(33)27-50(44(35)55)39-19-20-40(52)47-43(39)54/h6,8-9,11-14,17-18,25,31,39H,5,10,19-24,26-27H2,1-2H3,(H,47,52,54). The Labute approximate surface area is 325 Å². The zero-order chi connectivity index (χ0) is 38.6. The van der Waals surface area contributed by atoms with Gasteiger partial charge in [0, 0.05) is 77.8 Å². The van der Waals surface area contributed by atoms with Crippen LogP contribution >= 0.6 is 11.6 Å². The highest BCUT2D eigenvalue weighted by atomic mass is 35.5. The van der Waals surface area contributed by atoms with Crippen molar-refractivity contribution in [2.24, 2.45) is 5.92 Å². The second-order valence-corrected chi connectivity index (χ2v) is 14.6. The van der Waals surface area contributed by atoms with Crippen molar-refractivity contribution < 1.29 is 19.2 Å².